The van der Waals surface area contributed by atoms with Gasteiger partial charge in [0.05, 0.1) is 17.5 Å². The van der Waals surface area contributed by atoms with Crippen molar-refractivity contribution in [2.45, 2.75) is 31.0 Å². The van der Waals surface area contributed by atoms with E-state index in [1.807, 2.05) is 16.8 Å². The lowest BCUT2D eigenvalue weighted by atomic mass is 10.2. The molecule has 2 heterocycles. The normalized spacial score (nSPS) is 25.3. The quantitative estimate of drug-likeness (QED) is 0.683. The lowest BCUT2D eigenvalue weighted by Gasteiger charge is -2.23. The number of hydrogen-bond acceptors (Lipinski definition) is 6. The minimum atomic E-state index is -4.34. The zero-order valence-electron chi connectivity index (χ0n) is 12.8. The third-order valence-electron chi connectivity index (χ3n) is 4.44. The molecule has 10 heteroatoms. The highest BCUT2D eigenvalue weighted by Crippen LogP contribution is 2.36. The van der Waals surface area contributed by atoms with Gasteiger partial charge in [-0.1, -0.05) is 0 Å². The summed E-state index contributed by atoms with van der Waals surface area (Å²) < 4.78 is 34.5. The first-order valence-electron chi connectivity index (χ1n) is 7.20. The van der Waals surface area contributed by atoms with Crippen LogP contribution in [0.5, 0.6) is 0 Å². The molecule has 1 saturated carbocycles. The third kappa shape index (κ3) is 2.78. The number of aliphatic hydroxyl groups is 1. The van der Waals surface area contributed by atoms with Gasteiger partial charge in [-0.05, 0) is 18.9 Å². The molecule has 0 aliphatic heterocycles. The fourth-order valence-corrected chi connectivity index (χ4v) is 3.79. The first-order chi connectivity index (χ1) is 10.8. The zero-order valence-corrected chi connectivity index (χ0v) is 13.6. The summed E-state index contributed by atoms with van der Waals surface area (Å²) >= 11 is 0. The van der Waals surface area contributed by atoms with Crippen molar-refractivity contribution in [1.82, 2.24) is 18.8 Å². The highest BCUT2D eigenvalue weighted by molar-refractivity contribution is 7.83. The van der Waals surface area contributed by atoms with Gasteiger partial charge in [0.15, 0.2) is 0 Å². The Balaban J connectivity index is 1.93. The summed E-state index contributed by atoms with van der Waals surface area (Å²) in [6, 6.07) is 1.10. The van der Waals surface area contributed by atoms with Crippen LogP contribution in [0.1, 0.15) is 18.9 Å². The van der Waals surface area contributed by atoms with Crippen LogP contribution in [0.3, 0.4) is 0 Å². The highest BCUT2D eigenvalue weighted by Gasteiger charge is 2.40. The van der Waals surface area contributed by atoms with Crippen LogP contribution in [0.2, 0.25) is 0 Å². The SMILES string of the molecule is CNc1ncnc2c1ccn2[C@H]1C[C@H](O)[C@@H](N(C)S(=O)(=O)O)C1. The predicted molar refractivity (Wildman–Crippen MR) is 84.5 cm³/mol. The number of likely N-dealkylation sites (N-methyl/N-ethyl adjacent to an activating group) is 1. The molecule has 1 aliphatic rings. The highest BCUT2D eigenvalue weighted by atomic mass is 32.2. The van der Waals surface area contributed by atoms with E-state index in [-0.39, 0.29) is 6.04 Å². The second-order valence-electron chi connectivity index (χ2n) is 5.69. The fourth-order valence-electron chi connectivity index (χ4n) is 3.22. The molecule has 1 aliphatic carbocycles. The van der Waals surface area contributed by atoms with E-state index >= 15 is 0 Å². The van der Waals surface area contributed by atoms with Crippen molar-refractivity contribution in [1.29, 1.82) is 0 Å². The second-order valence-corrected chi connectivity index (χ2v) is 7.16. The first-order valence-corrected chi connectivity index (χ1v) is 8.60. The molecule has 3 N–H and O–H groups in total. The van der Waals surface area contributed by atoms with Gasteiger partial charge in [-0.15, -0.1) is 0 Å². The van der Waals surface area contributed by atoms with Gasteiger partial charge in [-0.25, -0.2) is 9.97 Å². The van der Waals surface area contributed by atoms with Crippen LogP contribution in [0.25, 0.3) is 11.0 Å². The Kier molecular flexibility index (Phi) is 4.00. The monoisotopic (exact) mass is 341 g/mol. The molecule has 126 valence electrons. The van der Waals surface area contributed by atoms with Crippen molar-refractivity contribution in [3.8, 4) is 0 Å². The Bertz CT molecular complexity index is 821. The molecule has 0 aromatic carbocycles. The second kappa shape index (κ2) is 5.71. The molecule has 0 spiro atoms. The van der Waals surface area contributed by atoms with Gasteiger partial charge in [0.25, 0.3) is 0 Å². The summed E-state index contributed by atoms with van der Waals surface area (Å²) in [6.45, 7) is 0. The van der Waals surface area contributed by atoms with Gasteiger partial charge in [0, 0.05) is 26.3 Å². The topological polar surface area (TPSA) is 121 Å². The molecule has 0 amide bonds. The molecule has 3 atom stereocenters. The Morgan fingerprint density at radius 2 is 2.13 bits per heavy atom. The van der Waals surface area contributed by atoms with Crippen molar-refractivity contribution in [3.05, 3.63) is 18.6 Å². The number of nitrogens with one attached hydrogen (secondary N) is 1. The summed E-state index contributed by atoms with van der Waals surface area (Å²) in [4.78, 5) is 8.44. The Morgan fingerprint density at radius 1 is 1.39 bits per heavy atom. The third-order valence-corrected chi connectivity index (χ3v) is 5.44. The van der Waals surface area contributed by atoms with E-state index < -0.39 is 22.4 Å². The molecule has 3 rings (SSSR count). The maximum atomic E-state index is 11.3. The summed E-state index contributed by atoms with van der Waals surface area (Å²) in [5.74, 6) is 0.707. The average molecular weight is 341 g/mol. The van der Waals surface area contributed by atoms with Crippen LogP contribution >= 0.6 is 0 Å². The van der Waals surface area contributed by atoms with Gasteiger partial charge < -0.3 is 15.0 Å². The van der Waals surface area contributed by atoms with Crippen LogP contribution < -0.4 is 5.32 Å². The number of aromatic nitrogens is 3. The number of nitrogens with zero attached hydrogens (tertiary/aromatic N) is 4. The van der Waals surface area contributed by atoms with Gasteiger partial charge in [0.1, 0.15) is 17.8 Å². The Labute approximate surface area is 133 Å². The van der Waals surface area contributed by atoms with Crippen molar-refractivity contribution in [2.75, 3.05) is 19.4 Å². The van der Waals surface area contributed by atoms with E-state index in [0.717, 1.165) is 15.3 Å². The summed E-state index contributed by atoms with van der Waals surface area (Å²) in [7, 11) is -1.30. The molecule has 23 heavy (non-hydrogen) atoms. The first kappa shape index (κ1) is 16.1. The molecule has 0 bridgehead atoms. The number of anilines is 1. The predicted octanol–water partition coefficient (Wildman–Crippen LogP) is 0.272. The molecule has 0 radical (unpaired) electrons. The molecule has 2 aromatic rings. The summed E-state index contributed by atoms with van der Waals surface area (Å²) in [5.41, 5.74) is 0.719. The van der Waals surface area contributed by atoms with Gasteiger partial charge in [-0.2, -0.15) is 12.7 Å². The fraction of sp³-hybridized carbons (Fsp3) is 0.538. The zero-order chi connectivity index (χ0) is 16.8. The van der Waals surface area contributed by atoms with Gasteiger partial charge >= 0.3 is 10.3 Å². The van der Waals surface area contributed by atoms with Crippen molar-refractivity contribution >= 4 is 27.2 Å². The summed E-state index contributed by atoms with van der Waals surface area (Å²) in [6.07, 6.45) is 3.23. The van der Waals surface area contributed by atoms with Crippen LogP contribution in [-0.2, 0) is 10.3 Å². The smallest absolute Gasteiger partial charge is 0.335 e. The van der Waals surface area contributed by atoms with Crippen molar-refractivity contribution in [2.24, 2.45) is 0 Å². The molecular weight excluding hydrogens is 322 g/mol. The van der Waals surface area contributed by atoms with E-state index in [2.05, 4.69) is 15.3 Å². The Morgan fingerprint density at radius 3 is 2.78 bits per heavy atom. The number of aliphatic hydroxyl groups excluding tert-OH is 1. The van der Waals surface area contributed by atoms with Crippen LogP contribution in [0, 0.1) is 0 Å². The van der Waals surface area contributed by atoms with E-state index in [4.69, 9.17) is 0 Å². The number of fused-ring (bicyclic) bond motifs is 1. The van der Waals surface area contributed by atoms with E-state index in [1.165, 1.54) is 13.4 Å². The molecule has 9 nitrogen and oxygen atoms in total. The number of hydrogen-bond donors (Lipinski definition) is 3. The minimum Gasteiger partial charge on any atom is -0.391 e. The Hall–Kier alpha value is -1.75. The molecular formula is C13H19N5O4S. The number of rotatable bonds is 4. The van der Waals surface area contributed by atoms with E-state index in [0.29, 0.717) is 18.7 Å². The average Bonchev–Trinajstić information content (AvgIpc) is 3.08. The maximum absolute atomic E-state index is 11.3. The van der Waals surface area contributed by atoms with Crippen molar-refractivity contribution in [3.63, 3.8) is 0 Å². The molecule has 2 aromatic heterocycles. The van der Waals surface area contributed by atoms with E-state index in [1.54, 1.807) is 7.05 Å². The van der Waals surface area contributed by atoms with E-state index in [9.17, 15) is 18.1 Å². The van der Waals surface area contributed by atoms with Crippen LogP contribution in [-0.4, -0.2) is 63.2 Å². The molecule has 0 saturated heterocycles. The molecule has 0 unspecified atom stereocenters. The maximum Gasteiger partial charge on any atom is 0.335 e. The minimum absolute atomic E-state index is 0.115. The van der Waals surface area contributed by atoms with Crippen molar-refractivity contribution < 1.29 is 18.1 Å². The van der Waals surface area contributed by atoms with Gasteiger partial charge in [-0.3, -0.25) is 4.55 Å². The van der Waals surface area contributed by atoms with Crippen LogP contribution in [0.4, 0.5) is 5.82 Å². The molecule has 1 fully saturated rings. The van der Waals surface area contributed by atoms with Crippen LogP contribution in [0.15, 0.2) is 18.6 Å². The van der Waals surface area contributed by atoms with Gasteiger partial charge in [0.2, 0.25) is 0 Å². The standard InChI is InChI=1S/C13H19N5O4S/c1-14-12-9-3-4-18(13(9)16-7-15-12)8-5-10(11(19)6-8)17(2)23(20,21)22/h3-4,7-8,10-11,19H,5-6H2,1-2H3,(H,14,15,16)(H,20,21,22)/t8-,10+,11+/m1/s1. The lowest BCUT2D eigenvalue weighted by molar-refractivity contribution is 0.117. The summed E-state index contributed by atoms with van der Waals surface area (Å²) in [5, 5.41) is 14.0. The largest absolute Gasteiger partial charge is 0.391 e. The lowest BCUT2D eigenvalue weighted by Crippen LogP contribution is -2.41.